The molecule has 2 aromatic carbocycles. The van der Waals surface area contributed by atoms with E-state index in [4.69, 9.17) is 14.5 Å². The zero-order chi connectivity index (χ0) is 26.6. The van der Waals surface area contributed by atoms with Crippen LogP contribution in [0.3, 0.4) is 0 Å². The van der Waals surface area contributed by atoms with Crippen molar-refractivity contribution >= 4 is 11.7 Å². The maximum atomic E-state index is 11.8. The van der Waals surface area contributed by atoms with Crippen molar-refractivity contribution in [2.75, 3.05) is 31.7 Å². The Morgan fingerprint density at radius 2 is 1.73 bits per heavy atom. The Kier molecular flexibility index (Phi) is 8.06. The van der Waals surface area contributed by atoms with Crippen LogP contribution in [0.1, 0.15) is 49.2 Å². The molecule has 2 heterocycles. The summed E-state index contributed by atoms with van der Waals surface area (Å²) in [5.74, 6) is 0.814. The van der Waals surface area contributed by atoms with Gasteiger partial charge in [-0.25, -0.2) is 0 Å². The van der Waals surface area contributed by atoms with Crippen LogP contribution >= 0.6 is 0 Å². The first-order valence-electron chi connectivity index (χ1n) is 13.0. The van der Waals surface area contributed by atoms with E-state index in [1.54, 1.807) is 7.11 Å². The number of hydrogen-bond acceptors (Lipinski definition) is 5. The van der Waals surface area contributed by atoms with Crippen LogP contribution < -0.4 is 14.4 Å². The van der Waals surface area contributed by atoms with Gasteiger partial charge in [-0.3, -0.25) is 9.78 Å². The van der Waals surface area contributed by atoms with Crippen LogP contribution in [-0.2, 0) is 17.6 Å². The molecule has 37 heavy (non-hydrogen) atoms. The molecule has 196 valence electrons. The molecule has 0 unspecified atom stereocenters. The number of pyridine rings is 1. The number of aromatic nitrogens is 1. The summed E-state index contributed by atoms with van der Waals surface area (Å²) in [4.78, 5) is 19.0. The van der Waals surface area contributed by atoms with E-state index in [-0.39, 0.29) is 6.42 Å². The predicted octanol–water partition coefficient (Wildman–Crippen LogP) is 6.25. The fraction of sp³-hybridized carbons (Fsp3) is 0.419. The fourth-order valence-corrected chi connectivity index (χ4v) is 5.09. The number of rotatable bonds is 9. The summed E-state index contributed by atoms with van der Waals surface area (Å²) in [5.41, 5.74) is 7.05. The Morgan fingerprint density at radius 1 is 1.03 bits per heavy atom. The molecule has 1 saturated heterocycles. The molecule has 3 aromatic rings. The lowest BCUT2D eigenvalue weighted by atomic mass is 9.82. The van der Waals surface area contributed by atoms with E-state index < -0.39 is 5.97 Å². The number of benzene rings is 2. The number of methoxy groups -OCH3 is 1. The lowest BCUT2D eigenvalue weighted by Crippen LogP contribution is -2.38. The van der Waals surface area contributed by atoms with E-state index in [0.29, 0.717) is 12.0 Å². The van der Waals surface area contributed by atoms with Crippen molar-refractivity contribution < 1.29 is 19.4 Å². The Hall–Kier alpha value is -3.54. The van der Waals surface area contributed by atoms with E-state index in [1.807, 2.05) is 44.2 Å². The van der Waals surface area contributed by atoms with Crippen LogP contribution in [0, 0.1) is 19.3 Å². The zero-order valence-corrected chi connectivity index (χ0v) is 22.6. The zero-order valence-electron chi connectivity index (χ0n) is 22.6. The topological polar surface area (TPSA) is 71.9 Å². The third kappa shape index (κ3) is 6.43. The maximum Gasteiger partial charge on any atom is 0.307 e. The summed E-state index contributed by atoms with van der Waals surface area (Å²) in [6.07, 6.45) is 2.89. The van der Waals surface area contributed by atoms with E-state index in [0.717, 1.165) is 83.2 Å². The van der Waals surface area contributed by atoms with Gasteiger partial charge in [-0.15, -0.1) is 0 Å². The van der Waals surface area contributed by atoms with Crippen molar-refractivity contribution in [3.63, 3.8) is 0 Å². The minimum atomic E-state index is -0.835. The maximum absolute atomic E-state index is 11.8. The second-order valence-electron chi connectivity index (χ2n) is 10.7. The number of aliphatic carboxylic acids is 1. The van der Waals surface area contributed by atoms with Crippen molar-refractivity contribution in [3.05, 3.63) is 71.0 Å². The molecule has 0 spiro atoms. The molecule has 0 bridgehead atoms. The van der Waals surface area contributed by atoms with Gasteiger partial charge in [0.15, 0.2) is 0 Å². The number of ether oxygens (including phenoxy) is 2. The van der Waals surface area contributed by atoms with Gasteiger partial charge in [-0.2, -0.15) is 0 Å². The second-order valence-corrected chi connectivity index (χ2v) is 10.7. The second kappa shape index (κ2) is 11.2. The first-order valence-corrected chi connectivity index (χ1v) is 13.0. The number of carboxylic acid groups (broad SMARTS) is 1. The Morgan fingerprint density at radius 3 is 2.38 bits per heavy atom. The van der Waals surface area contributed by atoms with Crippen molar-refractivity contribution in [1.29, 1.82) is 0 Å². The largest absolute Gasteiger partial charge is 0.497 e. The Balaban J connectivity index is 1.59. The minimum absolute atomic E-state index is 0.0349. The molecule has 1 N–H and O–H groups in total. The molecule has 0 amide bonds. The highest BCUT2D eigenvalue weighted by molar-refractivity contribution is 5.86. The van der Waals surface area contributed by atoms with E-state index in [9.17, 15) is 9.90 Å². The molecule has 6 heteroatoms. The van der Waals surface area contributed by atoms with Gasteiger partial charge < -0.3 is 19.5 Å². The highest BCUT2D eigenvalue weighted by atomic mass is 16.5. The summed E-state index contributed by atoms with van der Waals surface area (Å²) >= 11 is 0. The van der Waals surface area contributed by atoms with Crippen LogP contribution in [0.5, 0.6) is 11.5 Å². The highest BCUT2D eigenvalue weighted by Gasteiger charge is 2.30. The van der Waals surface area contributed by atoms with E-state index >= 15 is 0 Å². The summed E-state index contributed by atoms with van der Waals surface area (Å²) < 4.78 is 11.3. The number of anilines is 1. The van der Waals surface area contributed by atoms with Crippen LogP contribution in [-0.4, -0.2) is 42.9 Å². The number of carbonyl (C=O) groups is 1. The van der Waals surface area contributed by atoms with Crippen molar-refractivity contribution in [1.82, 2.24) is 4.98 Å². The third-order valence-electron chi connectivity index (χ3n) is 7.35. The molecule has 1 aromatic heterocycles. The summed E-state index contributed by atoms with van der Waals surface area (Å²) in [7, 11) is 1.67. The summed E-state index contributed by atoms with van der Waals surface area (Å²) in [5, 5.41) is 9.69. The molecule has 0 aliphatic carbocycles. The number of carboxylic acids is 1. The lowest BCUT2D eigenvalue weighted by molar-refractivity contribution is -0.136. The standard InChI is InChI=1S/C31H38N2O4/c1-21-27(20-28(34)35)30(33-16-14-31(3,4)15-17-33)29(22(2)32-21)24-9-11-25(12-10-24)37-18-13-23-7-6-8-26(19-23)36-5/h6-12,19H,13-18,20H2,1-5H3,(H,34,35). The van der Waals surface area contributed by atoms with Gasteiger partial charge in [0.2, 0.25) is 0 Å². The molecule has 0 atom stereocenters. The first kappa shape index (κ1) is 26.5. The number of nitrogens with zero attached hydrogens (tertiary/aromatic N) is 2. The number of piperidine rings is 1. The van der Waals surface area contributed by atoms with Crippen molar-refractivity contribution in [3.8, 4) is 22.6 Å². The molecule has 1 fully saturated rings. The van der Waals surface area contributed by atoms with Crippen molar-refractivity contribution in [2.45, 2.75) is 53.4 Å². The number of aryl methyl sites for hydroxylation is 2. The molecule has 6 nitrogen and oxygen atoms in total. The monoisotopic (exact) mass is 502 g/mol. The minimum Gasteiger partial charge on any atom is -0.497 e. The molecule has 0 radical (unpaired) electrons. The smallest absolute Gasteiger partial charge is 0.307 e. The normalized spacial score (nSPS) is 14.9. The fourth-order valence-electron chi connectivity index (χ4n) is 5.09. The van der Waals surface area contributed by atoms with Gasteiger partial charge in [-0.05, 0) is 67.5 Å². The van der Waals surface area contributed by atoms with Crippen LogP contribution in [0.2, 0.25) is 0 Å². The average molecular weight is 503 g/mol. The Labute approximate surface area is 220 Å². The molecular weight excluding hydrogens is 464 g/mol. The van der Waals surface area contributed by atoms with Crippen LogP contribution in [0.4, 0.5) is 5.69 Å². The van der Waals surface area contributed by atoms with Gasteiger partial charge in [0.1, 0.15) is 11.5 Å². The summed E-state index contributed by atoms with van der Waals surface area (Å²) in [6, 6.07) is 16.1. The molecule has 0 saturated carbocycles. The molecule has 1 aliphatic heterocycles. The van der Waals surface area contributed by atoms with Gasteiger partial charge in [0.25, 0.3) is 0 Å². The predicted molar refractivity (Wildman–Crippen MR) is 148 cm³/mol. The van der Waals surface area contributed by atoms with Gasteiger partial charge in [0, 0.05) is 42.0 Å². The number of hydrogen-bond donors (Lipinski definition) is 1. The Bertz CT molecular complexity index is 1240. The van der Waals surface area contributed by atoms with E-state index in [1.165, 1.54) is 0 Å². The van der Waals surface area contributed by atoms with Crippen LogP contribution in [0.25, 0.3) is 11.1 Å². The van der Waals surface area contributed by atoms with E-state index in [2.05, 4.69) is 36.9 Å². The molecular formula is C31H38N2O4. The van der Waals surface area contributed by atoms with Gasteiger partial charge >= 0.3 is 5.97 Å². The van der Waals surface area contributed by atoms with Gasteiger partial charge in [0.05, 0.1) is 25.8 Å². The van der Waals surface area contributed by atoms with Crippen LogP contribution in [0.15, 0.2) is 48.5 Å². The highest BCUT2D eigenvalue weighted by Crippen LogP contribution is 2.41. The summed E-state index contributed by atoms with van der Waals surface area (Å²) in [6.45, 7) is 10.9. The molecule has 1 aliphatic rings. The average Bonchev–Trinajstić information content (AvgIpc) is 2.86. The molecule has 4 rings (SSSR count). The third-order valence-corrected chi connectivity index (χ3v) is 7.35. The van der Waals surface area contributed by atoms with Crippen molar-refractivity contribution in [2.24, 2.45) is 5.41 Å². The van der Waals surface area contributed by atoms with Gasteiger partial charge in [-0.1, -0.05) is 38.1 Å². The lowest BCUT2D eigenvalue weighted by Gasteiger charge is -2.40. The SMILES string of the molecule is COc1cccc(CCOc2ccc(-c3c(C)nc(C)c(CC(=O)O)c3N3CCC(C)(C)CC3)cc2)c1. The first-order chi connectivity index (χ1) is 17.7. The quantitative estimate of drug-likeness (QED) is 0.373.